The Kier molecular flexibility index (Phi) is 4.20. The highest BCUT2D eigenvalue weighted by Crippen LogP contribution is 2.47. The molecule has 4 rings (SSSR count). The van der Waals surface area contributed by atoms with Gasteiger partial charge in [0.2, 0.25) is 0 Å². The minimum absolute atomic E-state index is 0.119. The molecule has 146 valence electrons. The van der Waals surface area contributed by atoms with E-state index < -0.39 is 12.1 Å². The van der Waals surface area contributed by atoms with E-state index in [1.165, 1.54) is 0 Å². The molecule has 1 aliphatic heterocycles. The van der Waals surface area contributed by atoms with Crippen LogP contribution in [0.15, 0.2) is 47.3 Å². The van der Waals surface area contributed by atoms with E-state index in [4.69, 9.17) is 43.6 Å². The summed E-state index contributed by atoms with van der Waals surface area (Å²) in [6, 6.07) is 8.46. The molecule has 8 nitrogen and oxygen atoms in total. The molecule has 0 saturated carbocycles. The van der Waals surface area contributed by atoms with Crippen molar-refractivity contribution in [1.29, 1.82) is 0 Å². The second-order valence-corrected chi connectivity index (χ2v) is 7.19. The molecule has 0 fully saturated rings. The fraction of sp³-hybridized carbons (Fsp3) is 0.200. The van der Waals surface area contributed by atoms with Crippen LogP contribution in [0.2, 0.25) is 0 Å². The number of nitrogens with two attached hydrogens (primary N) is 6. The van der Waals surface area contributed by atoms with Crippen LogP contribution >= 0.6 is 0 Å². The zero-order valence-corrected chi connectivity index (χ0v) is 15.3. The van der Waals surface area contributed by atoms with E-state index in [1.54, 1.807) is 36.8 Å². The van der Waals surface area contributed by atoms with Gasteiger partial charge in [0.25, 0.3) is 0 Å². The van der Waals surface area contributed by atoms with E-state index in [0.29, 0.717) is 40.6 Å². The molecular formula is C20H24N6O2. The van der Waals surface area contributed by atoms with Crippen molar-refractivity contribution in [3.8, 4) is 5.75 Å². The number of fused-ring (bicyclic) bond motifs is 1. The lowest BCUT2D eigenvalue weighted by molar-refractivity contribution is 0.135. The molecule has 0 spiro atoms. The summed E-state index contributed by atoms with van der Waals surface area (Å²) in [7, 11) is 0. The molecule has 1 aromatic heterocycles. The highest BCUT2D eigenvalue weighted by atomic mass is 16.5. The van der Waals surface area contributed by atoms with Gasteiger partial charge in [0.1, 0.15) is 11.9 Å². The third-order valence-electron chi connectivity index (χ3n) is 5.27. The topological polar surface area (TPSA) is 178 Å². The highest BCUT2D eigenvalue weighted by molar-refractivity contribution is 5.78. The van der Waals surface area contributed by atoms with Gasteiger partial charge >= 0.3 is 0 Å². The van der Waals surface area contributed by atoms with Gasteiger partial charge in [-0.15, -0.1) is 0 Å². The molecule has 0 radical (unpaired) electrons. The smallest absolute Gasteiger partial charge is 0.140 e. The van der Waals surface area contributed by atoms with Crippen LogP contribution in [-0.2, 0) is 6.42 Å². The van der Waals surface area contributed by atoms with Crippen molar-refractivity contribution < 1.29 is 9.15 Å². The van der Waals surface area contributed by atoms with Crippen LogP contribution < -0.4 is 39.1 Å². The predicted molar refractivity (Wildman–Crippen MR) is 111 cm³/mol. The first-order chi connectivity index (χ1) is 13.3. The van der Waals surface area contributed by atoms with E-state index in [-0.39, 0.29) is 5.92 Å². The summed E-state index contributed by atoms with van der Waals surface area (Å²) >= 11 is 0. The maximum Gasteiger partial charge on any atom is 0.140 e. The lowest BCUT2D eigenvalue weighted by atomic mass is 9.79. The Bertz CT molecular complexity index is 995. The minimum Gasteiger partial charge on any atom is -0.484 e. The summed E-state index contributed by atoms with van der Waals surface area (Å²) in [6.07, 6.45) is 3.48. The third-order valence-corrected chi connectivity index (χ3v) is 5.27. The normalized spacial score (nSPS) is 21.1. The average Bonchev–Trinajstić information content (AvgIpc) is 3.14. The molecule has 0 aliphatic carbocycles. The van der Waals surface area contributed by atoms with Gasteiger partial charge in [-0.25, -0.2) is 0 Å². The molecule has 1 aliphatic rings. The Balaban J connectivity index is 1.82. The molecule has 3 unspecified atom stereocenters. The van der Waals surface area contributed by atoms with Crippen LogP contribution in [0.1, 0.15) is 28.7 Å². The van der Waals surface area contributed by atoms with Crippen LogP contribution in [0.3, 0.4) is 0 Å². The van der Waals surface area contributed by atoms with Gasteiger partial charge in [0, 0.05) is 28.9 Å². The molecular weight excluding hydrogens is 356 g/mol. The zero-order chi connectivity index (χ0) is 20.0. The fourth-order valence-corrected chi connectivity index (χ4v) is 3.86. The average molecular weight is 380 g/mol. The number of nitrogen functional groups attached to an aromatic ring is 5. The van der Waals surface area contributed by atoms with Gasteiger partial charge in [-0.1, -0.05) is 0 Å². The van der Waals surface area contributed by atoms with Gasteiger partial charge in [-0.3, -0.25) is 0 Å². The van der Waals surface area contributed by atoms with Crippen molar-refractivity contribution in [3.05, 3.63) is 59.5 Å². The highest BCUT2D eigenvalue weighted by Gasteiger charge is 2.39. The molecule has 3 atom stereocenters. The minimum atomic E-state index is -0.490. The van der Waals surface area contributed by atoms with Gasteiger partial charge in [0.15, 0.2) is 0 Å². The molecule has 28 heavy (non-hydrogen) atoms. The number of ether oxygens (including phenoxy) is 1. The number of furan rings is 1. The summed E-state index contributed by atoms with van der Waals surface area (Å²) in [5, 5.41) is 0. The van der Waals surface area contributed by atoms with Crippen molar-refractivity contribution in [3.63, 3.8) is 0 Å². The zero-order valence-electron chi connectivity index (χ0n) is 15.3. The lowest BCUT2D eigenvalue weighted by Crippen LogP contribution is -2.42. The van der Waals surface area contributed by atoms with E-state index in [2.05, 4.69) is 0 Å². The number of hydrogen-bond donors (Lipinski definition) is 6. The molecule has 12 N–H and O–H groups in total. The molecule has 0 bridgehead atoms. The monoisotopic (exact) mass is 380 g/mol. The Morgan fingerprint density at radius 3 is 2.25 bits per heavy atom. The van der Waals surface area contributed by atoms with Crippen molar-refractivity contribution in [2.45, 2.75) is 24.5 Å². The third kappa shape index (κ3) is 2.93. The Labute approximate surface area is 162 Å². The Hall–Kier alpha value is -3.52. The molecule has 0 saturated heterocycles. The van der Waals surface area contributed by atoms with Crippen molar-refractivity contribution >= 4 is 28.4 Å². The summed E-state index contributed by atoms with van der Waals surface area (Å²) in [5.41, 5.74) is 41.6. The second kappa shape index (κ2) is 6.58. The first-order valence-corrected chi connectivity index (χ1v) is 8.91. The van der Waals surface area contributed by atoms with Crippen LogP contribution in [0.4, 0.5) is 28.4 Å². The molecule has 0 amide bonds. The van der Waals surface area contributed by atoms with Crippen molar-refractivity contribution in [2.24, 2.45) is 5.73 Å². The molecule has 3 aromatic rings. The molecule has 8 heteroatoms. The summed E-state index contributed by atoms with van der Waals surface area (Å²) in [5.74, 6) is 0.485. The van der Waals surface area contributed by atoms with E-state index >= 15 is 0 Å². The summed E-state index contributed by atoms with van der Waals surface area (Å²) in [6.45, 7) is 0. The number of anilines is 5. The summed E-state index contributed by atoms with van der Waals surface area (Å²) < 4.78 is 11.4. The second-order valence-electron chi connectivity index (χ2n) is 7.19. The van der Waals surface area contributed by atoms with Crippen molar-refractivity contribution in [2.75, 3.05) is 28.7 Å². The number of benzene rings is 2. The van der Waals surface area contributed by atoms with Crippen LogP contribution in [0, 0.1) is 0 Å². The maximum absolute atomic E-state index is 6.68. The van der Waals surface area contributed by atoms with Crippen molar-refractivity contribution in [1.82, 2.24) is 0 Å². The number of rotatable bonds is 3. The predicted octanol–water partition coefficient (Wildman–Crippen LogP) is 1.98. The van der Waals surface area contributed by atoms with Gasteiger partial charge in [0.05, 0.1) is 35.6 Å². The number of hydrogen-bond acceptors (Lipinski definition) is 8. The quantitative estimate of drug-likeness (QED) is 0.373. The summed E-state index contributed by atoms with van der Waals surface area (Å²) in [4.78, 5) is 0. The first-order valence-electron chi connectivity index (χ1n) is 8.91. The SMILES string of the molecule is Nc1cc(N)c2c(c1)OC(c1cc(N)c(N)c(N)c1)C(N)C2Cc1ccoc1. The Morgan fingerprint density at radius 1 is 0.893 bits per heavy atom. The van der Waals surface area contributed by atoms with Crippen LogP contribution in [-0.4, -0.2) is 6.04 Å². The first kappa shape index (κ1) is 17.9. The molecule has 2 aromatic carbocycles. The van der Waals surface area contributed by atoms with Gasteiger partial charge in [-0.05, 0) is 41.8 Å². The van der Waals surface area contributed by atoms with Gasteiger partial charge < -0.3 is 43.6 Å². The van der Waals surface area contributed by atoms with E-state index in [1.807, 2.05) is 6.07 Å². The standard InChI is InChI=1S/C20H24N6O2/c21-11-6-13(22)17-12(3-9-1-2-27-8-9)18(25)20(28-16(17)7-11)10-4-14(23)19(26)15(24)5-10/h1-2,4-8,12,18,20H,3,21-26H2. The molecule has 2 heterocycles. The van der Waals surface area contributed by atoms with Crippen LogP contribution in [0.25, 0.3) is 0 Å². The fourth-order valence-electron chi connectivity index (χ4n) is 3.86. The maximum atomic E-state index is 6.68. The van der Waals surface area contributed by atoms with Gasteiger partial charge in [-0.2, -0.15) is 0 Å². The largest absolute Gasteiger partial charge is 0.484 e. The Morgan fingerprint density at radius 2 is 1.61 bits per heavy atom. The van der Waals surface area contributed by atoms with Crippen LogP contribution in [0.5, 0.6) is 5.75 Å². The van der Waals surface area contributed by atoms with E-state index in [9.17, 15) is 0 Å². The van der Waals surface area contributed by atoms with E-state index in [0.717, 1.165) is 16.7 Å². The lowest BCUT2D eigenvalue weighted by Gasteiger charge is -2.39.